The van der Waals surface area contributed by atoms with Crippen molar-refractivity contribution in [1.82, 2.24) is 4.90 Å². The lowest BCUT2D eigenvalue weighted by Gasteiger charge is -2.38. The molecule has 1 saturated heterocycles. The predicted molar refractivity (Wildman–Crippen MR) is 55.8 cm³/mol. The molecule has 1 fully saturated rings. The van der Waals surface area contributed by atoms with E-state index >= 15 is 0 Å². The fourth-order valence-electron chi connectivity index (χ4n) is 1.81. The van der Waals surface area contributed by atoms with Crippen molar-refractivity contribution in [1.29, 1.82) is 0 Å². The first-order chi connectivity index (χ1) is 7.19. The molecule has 1 aliphatic heterocycles. The molecule has 1 heterocycles. The van der Waals surface area contributed by atoms with Crippen molar-refractivity contribution in [2.75, 3.05) is 19.0 Å². The summed E-state index contributed by atoms with van der Waals surface area (Å²) in [6.07, 6.45) is 0. The van der Waals surface area contributed by atoms with E-state index in [0.29, 0.717) is 23.9 Å². The van der Waals surface area contributed by atoms with Gasteiger partial charge in [-0.3, -0.25) is 4.90 Å². The molecule has 0 atom stereocenters. The molecule has 2 rings (SSSR count). The van der Waals surface area contributed by atoms with Gasteiger partial charge in [-0.2, -0.15) is 0 Å². The summed E-state index contributed by atoms with van der Waals surface area (Å²) in [4.78, 5) is 2.06. The van der Waals surface area contributed by atoms with E-state index in [1.807, 2.05) is 0 Å². The minimum atomic E-state index is -0.388. The van der Waals surface area contributed by atoms with Gasteiger partial charge in [0.1, 0.15) is 11.6 Å². The Hall–Kier alpha value is -0.670. The molecule has 0 saturated carbocycles. The quantitative estimate of drug-likeness (QED) is 0.723. The summed E-state index contributed by atoms with van der Waals surface area (Å²) in [6.45, 7) is 2.22. The van der Waals surface area contributed by atoms with E-state index < -0.39 is 0 Å². The topological polar surface area (TPSA) is 3.24 Å². The maximum atomic E-state index is 13.3. The fraction of sp³-hybridized carbons (Fsp3) is 0.455. The number of halogens is 3. The van der Waals surface area contributed by atoms with Crippen molar-refractivity contribution in [3.8, 4) is 0 Å². The maximum absolute atomic E-state index is 13.3. The Balaban J connectivity index is 1.97. The summed E-state index contributed by atoms with van der Waals surface area (Å²) in [5.74, 6) is 0.414. The molecule has 0 N–H and O–H groups in total. The van der Waals surface area contributed by atoms with Crippen LogP contribution in [0, 0.1) is 17.6 Å². The predicted octanol–water partition coefficient (Wildman–Crippen LogP) is 2.64. The lowest BCUT2D eigenvalue weighted by atomic mass is 10.0. The highest BCUT2D eigenvalue weighted by atomic mass is 35.5. The highest BCUT2D eigenvalue weighted by molar-refractivity contribution is 6.18. The van der Waals surface area contributed by atoms with E-state index in [2.05, 4.69) is 4.90 Å². The first-order valence-corrected chi connectivity index (χ1v) is 5.44. The molecule has 0 aromatic heterocycles. The molecule has 1 aliphatic rings. The van der Waals surface area contributed by atoms with Gasteiger partial charge in [-0.1, -0.05) is 0 Å². The first kappa shape index (κ1) is 10.8. The molecule has 15 heavy (non-hydrogen) atoms. The highest BCUT2D eigenvalue weighted by Crippen LogP contribution is 2.21. The molecule has 4 heteroatoms. The van der Waals surface area contributed by atoms with Gasteiger partial charge in [0.25, 0.3) is 0 Å². The minimum Gasteiger partial charge on any atom is -0.298 e. The number of hydrogen-bond donors (Lipinski definition) is 0. The first-order valence-electron chi connectivity index (χ1n) is 4.91. The van der Waals surface area contributed by atoms with Crippen LogP contribution in [0.1, 0.15) is 5.56 Å². The van der Waals surface area contributed by atoms with Gasteiger partial charge in [0.05, 0.1) is 0 Å². The number of alkyl halides is 1. The van der Waals surface area contributed by atoms with E-state index in [0.717, 1.165) is 19.2 Å². The van der Waals surface area contributed by atoms with Gasteiger partial charge in [0.15, 0.2) is 0 Å². The third kappa shape index (κ3) is 2.47. The van der Waals surface area contributed by atoms with Crippen LogP contribution in [-0.2, 0) is 6.54 Å². The van der Waals surface area contributed by atoms with Gasteiger partial charge in [-0.25, -0.2) is 8.78 Å². The van der Waals surface area contributed by atoms with E-state index in [-0.39, 0.29) is 11.6 Å². The lowest BCUT2D eigenvalue weighted by molar-refractivity contribution is 0.105. The number of likely N-dealkylation sites (tertiary alicyclic amines) is 1. The van der Waals surface area contributed by atoms with E-state index in [1.165, 1.54) is 12.1 Å². The summed E-state index contributed by atoms with van der Waals surface area (Å²) >= 11 is 5.67. The second-order valence-electron chi connectivity index (χ2n) is 3.95. The molecule has 0 radical (unpaired) electrons. The molecule has 82 valence electrons. The number of rotatable bonds is 3. The molecule has 0 spiro atoms. The number of benzene rings is 1. The lowest BCUT2D eigenvalue weighted by Crippen LogP contribution is -2.46. The van der Waals surface area contributed by atoms with Crippen molar-refractivity contribution < 1.29 is 8.78 Å². The van der Waals surface area contributed by atoms with Gasteiger partial charge in [0.2, 0.25) is 0 Å². The Morgan fingerprint density at radius 1 is 1.33 bits per heavy atom. The van der Waals surface area contributed by atoms with Crippen LogP contribution < -0.4 is 0 Å². The smallest absolute Gasteiger partial charge is 0.127 e. The Labute approximate surface area is 92.6 Å². The zero-order valence-electron chi connectivity index (χ0n) is 8.22. The average Bonchev–Trinajstić information content (AvgIpc) is 2.16. The van der Waals surface area contributed by atoms with Crippen molar-refractivity contribution in [3.05, 3.63) is 35.4 Å². The Kier molecular flexibility index (Phi) is 3.22. The van der Waals surface area contributed by atoms with Crippen molar-refractivity contribution >= 4 is 11.6 Å². The van der Waals surface area contributed by atoms with Gasteiger partial charge in [-0.05, 0) is 24.1 Å². The van der Waals surface area contributed by atoms with Crippen LogP contribution in [0.4, 0.5) is 8.78 Å². The van der Waals surface area contributed by atoms with Crippen molar-refractivity contribution in [2.24, 2.45) is 5.92 Å². The molecule has 1 nitrogen and oxygen atoms in total. The van der Waals surface area contributed by atoms with Gasteiger partial charge >= 0.3 is 0 Å². The normalized spacial score (nSPS) is 17.8. The van der Waals surface area contributed by atoms with Gasteiger partial charge in [0, 0.05) is 31.1 Å². The summed E-state index contributed by atoms with van der Waals surface area (Å²) in [6, 6.07) is 3.56. The zero-order valence-corrected chi connectivity index (χ0v) is 8.97. The summed E-state index contributed by atoms with van der Waals surface area (Å²) in [5, 5.41) is 0. The van der Waals surface area contributed by atoms with E-state index in [1.54, 1.807) is 0 Å². The molecule has 0 aliphatic carbocycles. The minimum absolute atomic E-state index is 0.342. The maximum Gasteiger partial charge on any atom is 0.127 e. The van der Waals surface area contributed by atoms with Gasteiger partial charge < -0.3 is 0 Å². The number of hydrogen-bond acceptors (Lipinski definition) is 1. The molecular formula is C11H12ClF2N. The molecule has 1 aromatic carbocycles. The molecule has 0 amide bonds. The van der Waals surface area contributed by atoms with Crippen LogP contribution in [0.2, 0.25) is 0 Å². The largest absolute Gasteiger partial charge is 0.298 e. The van der Waals surface area contributed by atoms with Crippen LogP contribution in [0.5, 0.6) is 0 Å². The summed E-state index contributed by atoms with van der Waals surface area (Å²) in [5.41, 5.74) is 0.419. The fourth-order valence-corrected chi connectivity index (χ4v) is 2.00. The number of nitrogens with zero attached hydrogens (tertiary/aromatic N) is 1. The highest BCUT2D eigenvalue weighted by Gasteiger charge is 2.26. The second kappa shape index (κ2) is 4.45. The third-order valence-corrected chi connectivity index (χ3v) is 3.09. The van der Waals surface area contributed by atoms with Crippen LogP contribution in [0.3, 0.4) is 0 Å². The van der Waals surface area contributed by atoms with E-state index in [4.69, 9.17) is 11.6 Å². The van der Waals surface area contributed by atoms with E-state index in [9.17, 15) is 8.78 Å². The van der Waals surface area contributed by atoms with Crippen LogP contribution >= 0.6 is 11.6 Å². The Morgan fingerprint density at radius 3 is 2.73 bits per heavy atom. The average molecular weight is 232 g/mol. The standard InChI is InChI=1S/C11H12ClF2N/c12-4-8-5-15(6-8)7-9-3-10(13)1-2-11(9)14/h1-3,8H,4-7H2. The van der Waals surface area contributed by atoms with Crippen molar-refractivity contribution in [2.45, 2.75) is 6.54 Å². The molecular weight excluding hydrogens is 220 g/mol. The van der Waals surface area contributed by atoms with Crippen LogP contribution in [0.25, 0.3) is 0 Å². The zero-order chi connectivity index (χ0) is 10.8. The second-order valence-corrected chi connectivity index (χ2v) is 4.26. The summed E-state index contributed by atoms with van der Waals surface area (Å²) in [7, 11) is 0. The SMILES string of the molecule is Fc1ccc(F)c(CN2CC(CCl)C2)c1. The molecule has 0 bridgehead atoms. The third-order valence-electron chi connectivity index (χ3n) is 2.65. The monoisotopic (exact) mass is 231 g/mol. The Morgan fingerprint density at radius 2 is 2.07 bits per heavy atom. The Bertz CT molecular complexity index is 350. The summed E-state index contributed by atoms with van der Waals surface area (Å²) < 4.78 is 26.1. The molecule has 1 aromatic rings. The van der Waals surface area contributed by atoms with Crippen LogP contribution in [-0.4, -0.2) is 23.9 Å². The van der Waals surface area contributed by atoms with Crippen molar-refractivity contribution in [3.63, 3.8) is 0 Å². The molecule has 0 unspecified atom stereocenters. The van der Waals surface area contributed by atoms with Gasteiger partial charge in [-0.15, -0.1) is 11.6 Å². The van der Waals surface area contributed by atoms with Crippen LogP contribution in [0.15, 0.2) is 18.2 Å².